The Balaban J connectivity index is 1.41. The molecule has 0 spiro atoms. The van der Waals surface area contributed by atoms with Crippen LogP contribution in [0.5, 0.6) is 0 Å². The molecular weight excluding hydrogens is 314 g/mol. The van der Waals surface area contributed by atoms with E-state index in [4.69, 9.17) is 0 Å². The number of benzene rings is 2. The van der Waals surface area contributed by atoms with Crippen molar-refractivity contribution in [3.8, 4) is 0 Å². The standard InChI is InChI=1S/C20H23N3S/c1-15-21-19-10-9-17(12-20(19)24-15)22-18-8-5-11-23(14-18)13-16-6-3-2-4-7-16/h2-4,6-7,9-10,12,18,22H,5,8,11,13-14H2,1H3. The lowest BCUT2D eigenvalue weighted by Gasteiger charge is -2.33. The average Bonchev–Trinajstić information content (AvgIpc) is 2.95. The van der Waals surface area contributed by atoms with Gasteiger partial charge in [0.2, 0.25) is 0 Å². The van der Waals surface area contributed by atoms with Crippen molar-refractivity contribution < 1.29 is 0 Å². The van der Waals surface area contributed by atoms with Gasteiger partial charge in [0.25, 0.3) is 0 Å². The molecule has 2 aromatic carbocycles. The molecule has 1 atom stereocenters. The molecule has 1 aliphatic rings. The van der Waals surface area contributed by atoms with Crippen LogP contribution >= 0.6 is 11.3 Å². The fourth-order valence-electron chi connectivity index (χ4n) is 3.52. The minimum atomic E-state index is 0.522. The number of nitrogens with one attached hydrogen (secondary N) is 1. The molecule has 1 saturated heterocycles. The molecule has 3 nitrogen and oxygen atoms in total. The molecule has 24 heavy (non-hydrogen) atoms. The predicted octanol–water partition coefficient (Wildman–Crippen LogP) is 4.68. The van der Waals surface area contributed by atoms with Gasteiger partial charge in [-0.1, -0.05) is 30.3 Å². The summed E-state index contributed by atoms with van der Waals surface area (Å²) >= 11 is 1.77. The molecule has 1 aromatic heterocycles. The highest BCUT2D eigenvalue weighted by Gasteiger charge is 2.20. The molecule has 1 unspecified atom stereocenters. The first kappa shape index (κ1) is 15.6. The number of likely N-dealkylation sites (tertiary alicyclic amines) is 1. The summed E-state index contributed by atoms with van der Waals surface area (Å²) in [5, 5.41) is 4.87. The summed E-state index contributed by atoms with van der Waals surface area (Å²) in [6.07, 6.45) is 2.50. The molecule has 2 heterocycles. The van der Waals surface area contributed by atoms with Gasteiger partial charge in [0, 0.05) is 24.8 Å². The van der Waals surface area contributed by atoms with Crippen molar-refractivity contribution in [3.63, 3.8) is 0 Å². The summed E-state index contributed by atoms with van der Waals surface area (Å²) in [4.78, 5) is 7.10. The fourth-order valence-corrected chi connectivity index (χ4v) is 4.39. The van der Waals surface area contributed by atoms with Crippen LogP contribution < -0.4 is 5.32 Å². The number of nitrogens with zero attached hydrogens (tertiary/aromatic N) is 2. The van der Waals surface area contributed by atoms with Gasteiger partial charge >= 0.3 is 0 Å². The minimum absolute atomic E-state index is 0.522. The van der Waals surface area contributed by atoms with Crippen LogP contribution in [0.2, 0.25) is 0 Å². The van der Waals surface area contributed by atoms with Crippen molar-refractivity contribution >= 4 is 27.2 Å². The number of anilines is 1. The van der Waals surface area contributed by atoms with Crippen LogP contribution in [0.1, 0.15) is 23.4 Å². The zero-order valence-electron chi connectivity index (χ0n) is 14.0. The zero-order valence-corrected chi connectivity index (χ0v) is 14.9. The molecule has 4 heteroatoms. The second kappa shape index (κ2) is 6.91. The van der Waals surface area contributed by atoms with Gasteiger partial charge in [-0.25, -0.2) is 4.98 Å². The lowest BCUT2D eigenvalue weighted by molar-refractivity contribution is 0.208. The number of thiazole rings is 1. The van der Waals surface area contributed by atoms with E-state index in [1.54, 1.807) is 11.3 Å². The van der Waals surface area contributed by atoms with Crippen molar-refractivity contribution in [2.45, 2.75) is 32.4 Å². The Kier molecular flexibility index (Phi) is 4.50. The normalized spacial score (nSPS) is 18.8. The number of hydrogen-bond acceptors (Lipinski definition) is 4. The Hall–Kier alpha value is -1.91. The van der Waals surface area contributed by atoms with Crippen LogP contribution in [-0.2, 0) is 6.54 Å². The lowest BCUT2D eigenvalue weighted by atomic mass is 10.0. The Labute approximate surface area is 147 Å². The van der Waals surface area contributed by atoms with E-state index < -0.39 is 0 Å². The van der Waals surface area contributed by atoms with E-state index in [1.807, 2.05) is 0 Å². The number of fused-ring (bicyclic) bond motifs is 1. The minimum Gasteiger partial charge on any atom is -0.381 e. The first-order valence-electron chi connectivity index (χ1n) is 8.66. The Morgan fingerprint density at radius 2 is 2.08 bits per heavy atom. The van der Waals surface area contributed by atoms with Crippen molar-refractivity contribution in [2.75, 3.05) is 18.4 Å². The van der Waals surface area contributed by atoms with Crippen molar-refractivity contribution in [2.24, 2.45) is 0 Å². The van der Waals surface area contributed by atoms with E-state index in [2.05, 4.69) is 70.7 Å². The van der Waals surface area contributed by atoms with Crippen LogP contribution in [0, 0.1) is 6.92 Å². The molecule has 0 radical (unpaired) electrons. The van der Waals surface area contributed by atoms with Gasteiger partial charge in [-0.05, 0) is 50.1 Å². The quantitative estimate of drug-likeness (QED) is 0.749. The fraction of sp³-hybridized carbons (Fsp3) is 0.350. The van der Waals surface area contributed by atoms with E-state index in [0.29, 0.717) is 6.04 Å². The zero-order chi connectivity index (χ0) is 16.4. The third-order valence-electron chi connectivity index (χ3n) is 4.62. The highest BCUT2D eigenvalue weighted by molar-refractivity contribution is 7.18. The van der Waals surface area contributed by atoms with Gasteiger partial charge in [-0.2, -0.15) is 0 Å². The molecule has 1 fully saturated rings. The maximum absolute atomic E-state index is 4.54. The number of aromatic nitrogens is 1. The highest BCUT2D eigenvalue weighted by atomic mass is 32.1. The predicted molar refractivity (Wildman–Crippen MR) is 103 cm³/mol. The number of rotatable bonds is 4. The van der Waals surface area contributed by atoms with Gasteiger partial charge in [0.15, 0.2) is 0 Å². The summed E-state index contributed by atoms with van der Waals surface area (Å²) in [6.45, 7) is 5.42. The maximum atomic E-state index is 4.54. The molecule has 1 aliphatic heterocycles. The van der Waals surface area contributed by atoms with Crippen LogP contribution in [-0.4, -0.2) is 29.0 Å². The summed E-state index contributed by atoms with van der Waals surface area (Å²) in [5.74, 6) is 0. The molecule has 4 rings (SSSR count). The summed E-state index contributed by atoms with van der Waals surface area (Å²) < 4.78 is 1.27. The van der Waals surface area contributed by atoms with Gasteiger partial charge in [0.05, 0.1) is 15.2 Å². The second-order valence-electron chi connectivity index (χ2n) is 6.62. The van der Waals surface area contributed by atoms with E-state index in [1.165, 1.54) is 35.3 Å². The Morgan fingerprint density at radius 3 is 2.96 bits per heavy atom. The largest absolute Gasteiger partial charge is 0.381 e. The highest BCUT2D eigenvalue weighted by Crippen LogP contribution is 2.26. The maximum Gasteiger partial charge on any atom is 0.0907 e. The van der Waals surface area contributed by atoms with Gasteiger partial charge in [-0.15, -0.1) is 11.3 Å². The van der Waals surface area contributed by atoms with Crippen LogP contribution in [0.25, 0.3) is 10.2 Å². The molecule has 1 N–H and O–H groups in total. The summed E-state index contributed by atoms with van der Waals surface area (Å²) in [6, 6.07) is 17.8. The third kappa shape index (κ3) is 3.60. The first-order valence-corrected chi connectivity index (χ1v) is 9.48. The van der Waals surface area contributed by atoms with Crippen LogP contribution in [0.3, 0.4) is 0 Å². The summed E-state index contributed by atoms with van der Waals surface area (Å²) in [7, 11) is 0. The smallest absolute Gasteiger partial charge is 0.0907 e. The molecule has 0 amide bonds. The topological polar surface area (TPSA) is 28.2 Å². The van der Waals surface area contributed by atoms with Gasteiger partial charge in [-0.3, -0.25) is 4.90 Å². The summed E-state index contributed by atoms with van der Waals surface area (Å²) in [5.41, 5.74) is 3.73. The van der Waals surface area contributed by atoms with E-state index in [0.717, 1.165) is 23.6 Å². The molecule has 0 bridgehead atoms. The van der Waals surface area contributed by atoms with Crippen molar-refractivity contribution in [3.05, 3.63) is 59.1 Å². The van der Waals surface area contributed by atoms with Crippen LogP contribution in [0.15, 0.2) is 48.5 Å². The van der Waals surface area contributed by atoms with E-state index in [9.17, 15) is 0 Å². The molecule has 3 aromatic rings. The lowest BCUT2D eigenvalue weighted by Crippen LogP contribution is -2.41. The SMILES string of the molecule is Cc1nc2ccc(NC3CCCN(Cc4ccccc4)C3)cc2s1. The van der Waals surface area contributed by atoms with Crippen molar-refractivity contribution in [1.82, 2.24) is 9.88 Å². The molecule has 0 aliphatic carbocycles. The Morgan fingerprint density at radius 1 is 1.21 bits per heavy atom. The van der Waals surface area contributed by atoms with E-state index in [-0.39, 0.29) is 0 Å². The Bertz CT molecular complexity index is 812. The van der Waals surface area contributed by atoms with E-state index >= 15 is 0 Å². The average molecular weight is 337 g/mol. The molecule has 0 saturated carbocycles. The van der Waals surface area contributed by atoms with Gasteiger partial charge < -0.3 is 5.32 Å². The number of hydrogen-bond donors (Lipinski definition) is 1. The third-order valence-corrected chi connectivity index (χ3v) is 5.55. The first-order chi connectivity index (χ1) is 11.8. The molecular formula is C20H23N3S. The number of aryl methyl sites for hydroxylation is 1. The van der Waals surface area contributed by atoms with Crippen molar-refractivity contribution in [1.29, 1.82) is 0 Å². The monoisotopic (exact) mass is 337 g/mol. The molecule has 124 valence electrons. The second-order valence-corrected chi connectivity index (χ2v) is 7.85. The van der Waals surface area contributed by atoms with Gasteiger partial charge in [0.1, 0.15) is 0 Å². The van der Waals surface area contributed by atoms with Crippen LogP contribution in [0.4, 0.5) is 5.69 Å². The number of piperidine rings is 1.